The van der Waals surface area contributed by atoms with E-state index in [4.69, 9.17) is 33.7 Å². The van der Waals surface area contributed by atoms with Crippen LogP contribution in [0.4, 0.5) is 4.79 Å². The van der Waals surface area contributed by atoms with Gasteiger partial charge in [-0.2, -0.15) is 0 Å². The third-order valence-electron chi connectivity index (χ3n) is 4.64. The second-order valence-electron chi connectivity index (χ2n) is 6.94. The molecule has 1 amide bonds. The first-order valence-corrected chi connectivity index (χ1v) is 11.6. The molecule has 10 nitrogen and oxygen atoms in total. The molecule has 1 atom stereocenters. The number of hydrogen-bond donors (Lipinski definition) is 2. The third kappa shape index (κ3) is 5.44. The zero-order valence-corrected chi connectivity index (χ0v) is 19.4. The lowest BCUT2D eigenvalue weighted by Gasteiger charge is -2.15. The molecular weight excluding hydrogens is 495 g/mol. The zero-order chi connectivity index (χ0) is 24.3. The van der Waals surface area contributed by atoms with Gasteiger partial charge in [-0.05, 0) is 42.8 Å². The van der Waals surface area contributed by atoms with Crippen molar-refractivity contribution in [2.24, 2.45) is 5.73 Å². The van der Waals surface area contributed by atoms with E-state index in [1.54, 1.807) is 12.1 Å². The first-order chi connectivity index (χ1) is 15.5. The molecule has 13 heteroatoms. The van der Waals surface area contributed by atoms with Crippen LogP contribution in [-0.4, -0.2) is 40.1 Å². The summed E-state index contributed by atoms with van der Waals surface area (Å²) >= 11 is 12.0. The minimum Gasteiger partial charge on any atom is -0.481 e. The molecule has 1 unspecified atom stereocenters. The summed E-state index contributed by atoms with van der Waals surface area (Å²) in [6.07, 6.45) is 1.92. The van der Waals surface area contributed by atoms with Gasteiger partial charge in [0, 0.05) is 22.4 Å². The van der Waals surface area contributed by atoms with Crippen LogP contribution in [0.1, 0.15) is 29.9 Å². The first-order valence-electron chi connectivity index (χ1n) is 9.35. The van der Waals surface area contributed by atoms with Gasteiger partial charge in [-0.1, -0.05) is 23.2 Å². The summed E-state index contributed by atoms with van der Waals surface area (Å²) in [7, 11) is -4.38. The summed E-state index contributed by atoms with van der Waals surface area (Å²) in [6, 6.07) is 7.04. The highest BCUT2D eigenvalue weighted by molar-refractivity contribution is 7.91. The maximum Gasteiger partial charge on any atom is 0.404 e. The number of nitrogens with zero attached hydrogens (tertiary/aromatic N) is 3. The van der Waals surface area contributed by atoms with Crippen LogP contribution in [0.3, 0.4) is 0 Å². The van der Waals surface area contributed by atoms with Gasteiger partial charge in [-0.3, -0.25) is 9.78 Å². The number of primary amides is 1. The second-order valence-corrected chi connectivity index (χ2v) is 9.67. The van der Waals surface area contributed by atoms with Crippen LogP contribution in [0, 0.1) is 0 Å². The van der Waals surface area contributed by atoms with Crippen LogP contribution in [-0.2, 0) is 32.5 Å². The maximum atomic E-state index is 13.7. The summed E-state index contributed by atoms with van der Waals surface area (Å²) in [4.78, 5) is 30.9. The number of amides is 1. The van der Waals surface area contributed by atoms with Crippen molar-refractivity contribution in [2.75, 3.05) is 0 Å². The second kappa shape index (κ2) is 9.77. The number of imidazole rings is 1. The predicted octanol–water partition coefficient (Wildman–Crippen LogP) is 3.25. The number of carbonyl (C=O) groups excluding carboxylic acids is 1. The van der Waals surface area contributed by atoms with Crippen molar-refractivity contribution >= 4 is 45.1 Å². The number of sulfone groups is 1. The van der Waals surface area contributed by atoms with Crippen molar-refractivity contribution in [3.63, 3.8) is 0 Å². The summed E-state index contributed by atoms with van der Waals surface area (Å²) in [5, 5.41) is 9.35. The third-order valence-corrected chi connectivity index (χ3v) is 6.87. The Hall–Kier alpha value is -3.15. The molecule has 0 saturated carbocycles. The molecule has 3 rings (SSSR count). The van der Waals surface area contributed by atoms with Crippen LogP contribution < -0.4 is 5.73 Å². The number of rotatable bonds is 8. The number of halogens is 2. The highest BCUT2D eigenvalue weighted by atomic mass is 35.5. The Labute approximate surface area is 198 Å². The van der Waals surface area contributed by atoms with Crippen LogP contribution in [0.5, 0.6) is 0 Å². The smallest absolute Gasteiger partial charge is 0.404 e. The molecule has 174 valence electrons. The largest absolute Gasteiger partial charge is 0.481 e. The Morgan fingerprint density at radius 2 is 1.79 bits per heavy atom. The first kappa shape index (κ1) is 24.5. The average molecular weight is 513 g/mol. The molecule has 0 aliphatic rings. The van der Waals surface area contributed by atoms with Gasteiger partial charge in [0.25, 0.3) is 0 Å². The van der Waals surface area contributed by atoms with E-state index in [0.717, 1.165) is 0 Å². The molecule has 0 radical (unpaired) electrons. The fourth-order valence-electron chi connectivity index (χ4n) is 3.06. The minimum atomic E-state index is -4.38. The van der Waals surface area contributed by atoms with E-state index in [9.17, 15) is 23.1 Å². The molecule has 0 saturated heterocycles. The monoisotopic (exact) mass is 512 g/mol. The van der Waals surface area contributed by atoms with Gasteiger partial charge in [0.2, 0.25) is 9.84 Å². The number of ether oxygens (including phenoxy) is 1. The summed E-state index contributed by atoms with van der Waals surface area (Å²) in [6.45, 7) is 0.776. The van der Waals surface area contributed by atoms with E-state index in [-0.39, 0.29) is 33.0 Å². The zero-order valence-electron chi connectivity index (χ0n) is 17.1. The van der Waals surface area contributed by atoms with Gasteiger partial charge in [-0.25, -0.2) is 18.2 Å². The standard InChI is InChI=1S/C20H18Cl2N4O6S/c1-11(19(27)28)17-18(33(30,31)15-7-13(21)6-14(22)8-15)26(9-12-2-4-24-5-3-12)16(25-17)10-32-20(23)29/h2-8,11H,9-10H2,1H3,(H2,23,29)(H,27,28). The fraction of sp³-hybridized carbons (Fsp3) is 0.200. The van der Waals surface area contributed by atoms with E-state index in [1.165, 1.54) is 42.1 Å². The number of benzene rings is 1. The Morgan fingerprint density at radius 1 is 1.18 bits per heavy atom. The lowest BCUT2D eigenvalue weighted by Crippen LogP contribution is -2.18. The molecule has 2 aromatic heterocycles. The van der Waals surface area contributed by atoms with Crippen molar-refractivity contribution in [2.45, 2.75) is 35.9 Å². The Kier molecular flexibility index (Phi) is 7.25. The van der Waals surface area contributed by atoms with Crippen LogP contribution >= 0.6 is 23.2 Å². The van der Waals surface area contributed by atoms with Gasteiger partial charge in [0.1, 0.15) is 5.82 Å². The molecule has 33 heavy (non-hydrogen) atoms. The Morgan fingerprint density at radius 3 is 2.33 bits per heavy atom. The topological polar surface area (TPSA) is 154 Å². The van der Waals surface area contributed by atoms with Crippen molar-refractivity contribution in [3.8, 4) is 0 Å². The number of pyridine rings is 1. The lowest BCUT2D eigenvalue weighted by atomic mass is 10.1. The number of aliphatic carboxylic acids is 1. The quantitative estimate of drug-likeness (QED) is 0.465. The maximum absolute atomic E-state index is 13.7. The Bertz CT molecular complexity index is 1290. The molecule has 0 bridgehead atoms. The van der Waals surface area contributed by atoms with Crippen molar-refractivity contribution in [3.05, 3.63) is 69.9 Å². The average Bonchev–Trinajstić information content (AvgIpc) is 3.10. The molecule has 2 heterocycles. The SMILES string of the molecule is CC(C(=O)O)c1nc(COC(N)=O)n(Cc2ccncc2)c1S(=O)(=O)c1cc(Cl)cc(Cl)c1. The predicted molar refractivity (Wildman–Crippen MR) is 118 cm³/mol. The number of carbonyl (C=O) groups is 2. The van der Waals surface area contributed by atoms with Crippen LogP contribution in [0.25, 0.3) is 0 Å². The normalized spacial score (nSPS) is 12.3. The number of hydrogen-bond acceptors (Lipinski definition) is 7. The van der Waals surface area contributed by atoms with E-state index in [0.29, 0.717) is 5.56 Å². The number of carboxylic acid groups (broad SMARTS) is 1. The number of carboxylic acids is 1. The summed E-state index contributed by atoms with van der Waals surface area (Å²) in [5.74, 6) is -2.62. The van der Waals surface area contributed by atoms with E-state index < -0.39 is 39.5 Å². The molecular formula is C20H18Cl2N4O6S. The highest BCUT2D eigenvalue weighted by Crippen LogP contribution is 2.33. The molecule has 3 N–H and O–H groups in total. The van der Waals surface area contributed by atoms with Crippen molar-refractivity contribution in [1.82, 2.24) is 14.5 Å². The molecule has 0 fully saturated rings. The molecule has 1 aromatic carbocycles. The summed E-state index contributed by atoms with van der Waals surface area (Å²) in [5.41, 5.74) is 5.45. The highest BCUT2D eigenvalue weighted by Gasteiger charge is 2.35. The summed E-state index contributed by atoms with van der Waals surface area (Å²) < 4.78 is 33.6. The van der Waals surface area contributed by atoms with Gasteiger partial charge in [0.15, 0.2) is 11.6 Å². The molecule has 3 aromatic rings. The minimum absolute atomic E-state index is 0.0135. The van der Waals surface area contributed by atoms with E-state index in [1.807, 2.05) is 0 Å². The van der Waals surface area contributed by atoms with Gasteiger partial charge in [-0.15, -0.1) is 0 Å². The van der Waals surface area contributed by atoms with Gasteiger partial charge < -0.3 is 20.1 Å². The van der Waals surface area contributed by atoms with Crippen molar-refractivity contribution in [1.29, 1.82) is 0 Å². The molecule has 0 spiro atoms. The van der Waals surface area contributed by atoms with E-state index >= 15 is 0 Å². The van der Waals surface area contributed by atoms with Gasteiger partial charge in [0.05, 0.1) is 23.1 Å². The van der Waals surface area contributed by atoms with E-state index in [2.05, 4.69) is 9.97 Å². The van der Waals surface area contributed by atoms with Gasteiger partial charge >= 0.3 is 12.1 Å². The Balaban J connectivity index is 2.32. The van der Waals surface area contributed by atoms with Crippen molar-refractivity contribution < 1.29 is 27.9 Å². The fourth-order valence-corrected chi connectivity index (χ4v) is 5.46. The van der Waals surface area contributed by atoms with Crippen LogP contribution in [0.15, 0.2) is 52.6 Å². The molecule has 0 aliphatic heterocycles. The lowest BCUT2D eigenvalue weighted by molar-refractivity contribution is -0.138. The molecule has 0 aliphatic carbocycles. The number of nitrogens with two attached hydrogens (primary N) is 1. The van der Waals surface area contributed by atoms with Crippen LogP contribution in [0.2, 0.25) is 10.0 Å². The number of aromatic nitrogens is 3.